The van der Waals surface area contributed by atoms with Crippen LogP contribution in [0, 0.1) is 5.41 Å². The molecule has 0 aromatic heterocycles. The van der Waals surface area contributed by atoms with Crippen molar-refractivity contribution < 1.29 is 0 Å². The zero-order valence-electron chi connectivity index (χ0n) is 7.89. The van der Waals surface area contributed by atoms with Crippen LogP contribution < -0.4 is 0 Å². The zero-order chi connectivity index (χ0) is 9.14. The highest BCUT2D eigenvalue weighted by Crippen LogP contribution is 2.14. The predicted octanol–water partition coefficient (Wildman–Crippen LogP) is 3.20. The Morgan fingerprint density at radius 1 is 1.17 bits per heavy atom. The van der Waals surface area contributed by atoms with Gasteiger partial charge < -0.3 is 5.41 Å². The highest BCUT2D eigenvalue weighted by atomic mass is 14.4. The van der Waals surface area contributed by atoms with Crippen LogP contribution in [0.5, 0.6) is 0 Å². The largest absolute Gasteiger partial charge is 0.305 e. The maximum atomic E-state index is 7.41. The fourth-order valence-corrected chi connectivity index (χ4v) is 1.12. The minimum Gasteiger partial charge on any atom is -0.305 e. The van der Waals surface area contributed by atoms with Crippen molar-refractivity contribution in [1.82, 2.24) is 0 Å². The molecule has 0 aliphatic heterocycles. The molecule has 1 N–H and O–H groups in total. The van der Waals surface area contributed by atoms with E-state index in [1.807, 2.05) is 19.1 Å². The highest BCUT2D eigenvalue weighted by molar-refractivity contribution is 5.96. The summed E-state index contributed by atoms with van der Waals surface area (Å²) in [5.41, 5.74) is 2.98. The molecule has 0 heterocycles. The van der Waals surface area contributed by atoms with Gasteiger partial charge in [0.1, 0.15) is 0 Å². The molecular weight excluding hydrogens is 146 g/mol. The highest BCUT2D eigenvalue weighted by Gasteiger charge is 1.98. The lowest BCUT2D eigenvalue weighted by Crippen LogP contribution is -1.93. The molecule has 0 radical (unpaired) electrons. The number of hydrogen-bond acceptors (Lipinski definition) is 1. The van der Waals surface area contributed by atoms with Gasteiger partial charge in [0.2, 0.25) is 0 Å². The Labute approximate surface area is 73.9 Å². The lowest BCUT2D eigenvalue weighted by Gasteiger charge is -2.05. The van der Waals surface area contributed by atoms with Crippen molar-refractivity contribution in [3.8, 4) is 0 Å². The van der Waals surface area contributed by atoms with E-state index in [-0.39, 0.29) is 0 Å². The summed E-state index contributed by atoms with van der Waals surface area (Å²) in [6.07, 6.45) is 0. The number of rotatable bonds is 2. The van der Waals surface area contributed by atoms with Crippen LogP contribution in [0.4, 0.5) is 0 Å². The van der Waals surface area contributed by atoms with E-state index in [1.165, 1.54) is 5.56 Å². The summed E-state index contributed by atoms with van der Waals surface area (Å²) in [6.45, 7) is 6.16. The minimum atomic E-state index is 0.574. The maximum absolute atomic E-state index is 7.41. The first-order chi connectivity index (χ1) is 5.61. The quantitative estimate of drug-likeness (QED) is 0.644. The maximum Gasteiger partial charge on any atom is 0.0355 e. The fraction of sp³-hybridized carbons (Fsp3) is 0.364. The molecule has 1 aromatic rings. The fourth-order valence-electron chi connectivity index (χ4n) is 1.12. The molecule has 1 heteroatoms. The average Bonchev–Trinajstić information content (AvgIpc) is 2.04. The van der Waals surface area contributed by atoms with Gasteiger partial charge in [-0.2, -0.15) is 0 Å². The van der Waals surface area contributed by atoms with E-state index >= 15 is 0 Å². The summed E-state index contributed by atoms with van der Waals surface area (Å²) in [6, 6.07) is 8.21. The van der Waals surface area contributed by atoms with Crippen LogP contribution in [0.25, 0.3) is 0 Å². The monoisotopic (exact) mass is 161 g/mol. The van der Waals surface area contributed by atoms with Crippen molar-refractivity contribution in [3.63, 3.8) is 0 Å². The summed E-state index contributed by atoms with van der Waals surface area (Å²) in [5, 5.41) is 7.41. The molecule has 64 valence electrons. The summed E-state index contributed by atoms with van der Waals surface area (Å²) in [5.74, 6) is 0.574. The molecule has 0 saturated heterocycles. The molecule has 1 nitrogen and oxygen atoms in total. The molecule has 0 bridgehead atoms. The first-order valence-electron chi connectivity index (χ1n) is 4.26. The summed E-state index contributed by atoms with van der Waals surface area (Å²) in [4.78, 5) is 0. The number of nitrogens with one attached hydrogen (secondary N) is 1. The van der Waals surface area contributed by atoms with Gasteiger partial charge in [0.15, 0.2) is 0 Å². The topological polar surface area (TPSA) is 23.9 Å². The van der Waals surface area contributed by atoms with E-state index in [4.69, 9.17) is 5.41 Å². The average molecular weight is 161 g/mol. The first kappa shape index (κ1) is 8.98. The molecule has 0 atom stereocenters. The van der Waals surface area contributed by atoms with E-state index < -0.39 is 0 Å². The van der Waals surface area contributed by atoms with Crippen LogP contribution in [0.3, 0.4) is 0 Å². The number of benzene rings is 1. The van der Waals surface area contributed by atoms with Crippen molar-refractivity contribution in [3.05, 3.63) is 35.4 Å². The Kier molecular flexibility index (Phi) is 2.64. The smallest absolute Gasteiger partial charge is 0.0355 e. The third-order valence-corrected chi connectivity index (χ3v) is 2.01. The van der Waals surface area contributed by atoms with Crippen LogP contribution in [-0.4, -0.2) is 5.71 Å². The van der Waals surface area contributed by atoms with Gasteiger partial charge >= 0.3 is 0 Å². The summed E-state index contributed by atoms with van der Waals surface area (Å²) >= 11 is 0. The standard InChI is InChI=1S/C11H15N/c1-8(2)10-4-6-11(7-5-10)9(3)12/h4-8,12H,1-3H3. The lowest BCUT2D eigenvalue weighted by atomic mass is 10.0. The van der Waals surface area contributed by atoms with Crippen molar-refractivity contribution >= 4 is 5.71 Å². The summed E-state index contributed by atoms with van der Waals surface area (Å²) < 4.78 is 0. The van der Waals surface area contributed by atoms with Crippen molar-refractivity contribution in [1.29, 1.82) is 5.41 Å². The second-order valence-electron chi connectivity index (χ2n) is 3.40. The molecular formula is C11H15N. The van der Waals surface area contributed by atoms with Crippen LogP contribution in [0.15, 0.2) is 24.3 Å². The Morgan fingerprint density at radius 2 is 1.67 bits per heavy atom. The Bertz CT molecular complexity index is 270. The van der Waals surface area contributed by atoms with Gasteiger partial charge in [-0.15, -0.1) is 0 Å². The van der Waals surface area contributed by atoms with Gasteiger partial charge in [0.05, 0.1) is 0 Å². The summed E-state index contributed by atoms with van der Waals surface area (Å²) in [7, 11) is 0. The number of hydrogen-bond donors (Lipinski definition) is 1. The molecule has 0 unspecified atom stereocenters. The van der Waals surface area contributed by atoms with Crippen molar-refractivity contribution in [2.24, 2.45) is 0 Å². The van der Waals surface area contributed by atoms with Crippen LogP contribution in [-0.2, 0) is 0 Å². The Morgan fingerprint density at radius 3 is 2.00 bits per heavy atom. The SMILES string of the molecule is CC(=N)c1ccc(C(C)C)cc1. The van der Waals surface area contributed by atoms with Gasteiger partial charge in [-0.1, -0.05) is 38.1 Å². The van der Waals surface area contributed by atoms with Gasteiger partial charge in [-0.25, -0.2) is 0 Å². The van der Waals surface area contributed by atoms with Crippen LogP contribution in [0.2, 0.25) is 0 Å². The van der Waals surface area contributed by atoms with E-state index in [0.717, 1.165) is 5.56 Å². The molecule has 0 saturated carbocycles. The molecule has 0 aliphatic carbocycles. The third kappa shape index (κ3) is 1.94. The van der Waals surface area contributed by atoms with Gasteiger partial charge in [0.25, 0.3) is 0 Å². The van der Waals surface area contributed by atoms with Crippen molar-refractivity contribution in [2.45, 2.75) is 26.7 Å². The second kappa shape index (κ2) is 3.53. The molecule has 0 amide bonds. The Hall–Kier alpha value is -1.11. The first-order valence-corrected chi connectivity index (χ1v) is 4.26. The van der Waals surface area contributed by atoms with Crippen LogP contribution in [0.1, 0.15) is 37.8 Å². The normalized spacial score (nSPS) is 10.3. The lowest BCUT2D eigenvalue weighted by molar-refractivity contribution is 0.866. The van der Waals surface area contributed by atoms with Gasteiger partial charge in [-0.3, -0.25) is 0 Å². The van der Waals surface area contributed by atoms with E-state index in [0.29, 0.717) is 11.6 Å². The molecule has 0 aliphatic rings. The molecule has 1 aromatic carbocycles. The van der Waals surface area contributed by atoms with E-state index in [2.05, 4.69) is 26.0 Å². The van der Waals surface area contributed by atoms with E-state index in [1.54, 1.807) is 0 Å². The van der Waals surface area contributed by atoms with Gasteiger partial charge in [0, 0.05) is 5.71 Å². The minimum absolute atomic E-state index is 0.574. The van der Waals surface area contributed by atoms with Crippen molar-refractivity contribution in [2.75, 3.05) is 0 Å². The molecule has 0 spiro atoms. The second-order valence-corrected chi connectivity index (χ2v) is 3.40. The van der Waals surface area contributed by atoms with E-state index in [9.17, 15) is 0 Å². The predicted molar refractivity (Wildman–Crippen MR) is 53.0 cm³/mol. The molecule has 12 heavy (non-hydrogen) atoms. The molecule has 0 fully saturated rings. The van der Waals surface area contributed by atoms with Gasteiger partial charge in [-0.05, 0) is 24.0 Å². The molecule has 1 rings (SSSR count). The van der Waals surface area contributed by atoms with Crippen LogP contribution >= 0.6 is 0 Å². The Balaban J connectivity index is 2.93. The zero-order valence-corrected chi connectivity index (χ0v) is 7.89. The third-order valence-electron chi connectivity index (χ3n) is 2.01.